The number of hydrogen-bond acceptors (Lipinski definition) is 4. The van der Waals surface area contributed by atoms with Crippen LogP contribution in [-0.2, 0) is 12.8 Å². The molecule has 0 aliphatic heterocycles. The van der Waals surface area contributed by atoms with Gasteiger partial charge in [-0.3, -0.25) is 9.69 Å². The van der Waals surface area contributed by atoms with Crippen molar-refractivity contribution >= 4 is 44.2 Å². The summed E-state index contributed by atoms with van der Waals surface area (Å²) in [6.45, 7) is 1.35. The predicted molar refractivity (Wildman–Crippen MR) is 118 cm³/mol. The molecule has 0 unspecified atom stereocenters. The number of carbonyl (C=O) groups excluding carboxylic acids is 1. The van der Waals surface area contributed by atoms with Crippen molar-refractivity contribution < 1.29 is 4.79 Å². The molecule has 3 aromatic rings. The molecule has 0 saturated heterocycles. The Morgan fingerprint density at radius 3 is 2.64 bits per heavy atom. The van der Waals surface area contributed by atoms with E-state index < -0.39 is 0 Å². The lowest BCUT2D eigenvalue weighted by Crippen LogP contribution is -2.36. The smallest absolute Gasteiger partial charge is 0.260 e. The lowest BCUT2D eigenvalue weighted by molar-refractivity contribution is 0.0985. The normalized spacial score (nSPS) is 13.7. The zero-order valence-electron chi connectivity index (χ0n) is 16.2. The topological polar surface area (TPSA) is 36.4 Å². The number of rotatable bonds is 5. The van der Waals surface area contributed by atoms with Gasteiger partial charge < -0.3 is 4.90 Å². The maximum Gasteiger partial charge on any atom is 0.260 e. The van der Waals surface area contributed by atoms with Crippen molar-refractivity contribution in [2.24, 2.45) is 0 Å². The zero-order chi connectivity index (χ0) is 19.7. The van der Waals surface area contributed by atoms with Gasteiger partial charge in [0.1, 0.15) is 5.52 Å². The number of aryl methyl sites for hydroxylation is 2. The average Bonchev–Trinajstić information content (AvgIpc) is 3.12. The van der Waals surface area contributed by atoms with Crippen LogP contribution >= 0.6 is 22.9 Å². The minimum absolute atomic E-state index is 0.00500. The van der Waals surface area contributed by atoms with E-state index in [4.69, 9.17) is 16.6 Å². The molecular formula is C22H24ClN3OS. The third kappa shape index (κ3) is 3.93. The first-order valence-electron chi connectivity index (χ1n) is 9.66. The lowest BCUT2D eigenvalue weighted by Gasteiger charge is -2.23. The molecule has 0 bridgehead atoms. The zero-order valence-corrected chi connectivity index (χ0v) is 17.8. The molecule has 1 aromatic heterocycles. The van der Waals surface area contributed by atoms with E-state index >= 15 is 0 Å². The van der Waals surface area contributed by atoms with E-state index in [2.05, 4.69) is 17.0 Å². The van der Waals surface area contributed by atoms with Crippen molar-refractivity contribution in [3.63, 3.8) is 0 Å². The van der Waals surface area contributed by atoms with E-state index in [1.54, 1.807) is 4.90 Å². The van der Waals surface area contributed by atoms with Crippen molar-refractivity contribution in [1.29, 1.82) is 0 Å². The first-order chi connectivity index (χ1) is 13.5. The number of amides is 1. The number of carbonyl (C=O) groups is 1. The molecule has 4 nitrogen and oxygen atoms in total. The van der Waals surface area contributed by atoms with Crippen LogP contribution in [0.15, 0.2) is 36.4 Å². The Morgan fingerprint density at radius 2 is 1.89 bits per heavy atom. The molecule has 6 heteroatoms. The molecule has 0 fully saturated rings. The van der Waals surface area contributed by atoms with E-state index in [9.17, 15) is 4.79 Å². The highest BCUT2D eigenvalue weighted by Gasteiger charge is 2.23. The molecule has 1 amide bonds. The van der Waals surface area contributed by atoms with E-state index in [0.29, 0.717) is 16.7 Å². The molecule has 1 aliphatic carbocycles. The summed E-state index contributed by atoms with van der Waals surface area (Å²) in [6.07, 6.45) is 4.61. The van der Waals surface area contributed by atoms with Gasteiger partial charge in [-0.05, 0) is 75.2 Å². The van der Waals surface area contributed by atoms with Gasteiger partial charge in [-0.2, -0.15) is 0 Å². The fourth-order valence-corrected chi connectivity index (χ4v) is 4.91. The minimum Gasteiger partial charge on any atom is -0.308 e. The van der Waals surface area contributed by atoms with Crippen LogP contribution in [0.3, 0.4) is 0 Å². The number of halogens is 1. The first-order valence-corrected chi connectivity index (χ1v) is 10.9. The van der Waals surface area contributed by atoms with Crippen LogP contribution in [0.1, 0.15) is 34.3 Å². The van der Waals surface area contributed by atoms with Crippen LogP contribution in [0.2, 0.25) is 5.02 Å². The number of nitrogens with zero attached hydrogens (tertiary/aromatic N) is 3. The van der Waals surface area contributed by atoms with Crippen LogP contribution < -0.4 is 4.90 Å². The molecule has 0 spiro atoms. The monoisotopic (exact) mass is 413 g/mol. The van der Waals surface area contributed by atoms with Gasteiger partial charge in [-0.25, -0.2) is 4.98 Å². The Kier molecular flexibility index (Phi) is 5.67. The highest BCUT2D eigenvalue weighted by molar-refractivity contribution is 7.22. The summed E-state index contributed by atoms with van der Waals surface area (Å²) >= 11 is 7.83. The summed E-state index contributed by atoms with van der Waals surface area (Å²) in [7, 11) is 4.02. The fourth-order valence-electron chi connectivity index (χ4n) is 3.63. The largest absolute Gasteiger partial charge is 0.308 e. The number of benzene rings is 2. The second-order valence-corrected chi connectivity index (χ2v) is 8.95. The van der Waals surface area contributed by atoms with Crippen molar-refractivity contribution in [2.75, 3.05) is 32.1 Å². The number of aromatic nitrogens is 1. The van der Waals surface area contributed by atoms with Crippen LogP contribution in [0.5, 0.6) is 0 Å². The number of fused-ring (bicyclic) bond motifs is 2. The Labute approximate surface area is 174 Å². The molecule has 1 aliphatic rings. The molecule has 0 saturated carbocycles. The van der Waals surface area contributed by atoms with Crippen molar-refractivity contribution in [3.8, 4) is 0 Å². The Hall–Kier alpha value is -1.95. The lowest BCUT2D eigenvalue weighted by atomic mass is 9.90. The maximum atomic E-state index is 13.4. The van der Waals surface area contributed by atoms with Crippen LogP contribution in [-0.4, -0.2) is 43.0 Å². The SMILES string of the molecule is CN(C)CCN(C(=O)c1ccc2c(c1)CCCC2)c1nc2c(Cl)cccc2s1. The number of para-hydroxylation sites is 1. The van der Waals surface area contributed by atoms with E-state index in [1.807, 2.05) is 38.4 Å². The summed E-state index contributed by atoms with van der Waals surface area (Å²) in [6, 6.07) is 11.9. The van der Waals surface area contributed by atoms with Gasteiger partial charge in [-0.15, -0.1) is 0 Å². The Morgan fingerprint density at radius 1 is 1.11 bits per heavy atom. The van der Waals surface area contributed by atoms with Gasteiger partial charge in [0.2, 0.25) is 0 Å². The third-order valence-electron chi connectivity index (χ3n) is 5.20. The molecule has 28 heavy (non-hydrogen) atoms. The Balaban J connectivity index is 1.70. The highest BCUT2D eigenvalue weighted by Crippen LogP contribution is 2.33. The summed E-state index contributed by atoms with van der Waals surface area (Å²) in [5.41, 5.74) is 4.20. The number of likely N-dealkylation sites (N-methyl/N-ethyl adjacent to an activating group) is 1. The van der Waals surface area contributed by atoms with Gasteiger partial charge in [0.25, 0.3) is 5.91 Å². The minimum atomic E-state index is 0.00500. The molecule has 1 heterocycles. The van der Waals surface area contributed by atoms with Gasteiger partial charge in [0, 0.05) is 18.7 Å². The standard InChI is InChI=1S/C22H24ClN3OS/c1-25(2)12-13-26(22-24-20-18(23)8-5-9-19(20)28-22)21(27)17-11-10-15-6-3-4-7-16(15)14-17/h5,8-11,14H,3-4,6-7,12-13H2,1-2H3. The fraction of sp³-hybridized carbons (Fsp3) is 0.364. The van der Waals surface area contributed by atoms with Crippen molar-refractivity contribution in [1.82, 2.24) is 9.88 Å². The average molecular weight is 414 g/mol. The molecule has 0 atom stereocenters. The summed E-state index contributed by atoms with van der Waals surface area (Å²) in [5.74, 6) is 0.00500. The first kappa shape index (κ1) is 19.4. The van der Waals surface area contributed by atoms with E-state index in [-0.39, 0.29) is 5.91 Å². The molecule has 4 rings (SSSR count). The van der Waals surface area contributed by atoms with Crippen molar-refractivity contribution in [2.45, 2.75) is 25.7 Å². The maximum absolute atomic E-state index is 13.4. The van der Waals surface area contributed by atoms with Crippen LogP contribution in [0, 0.1) is 0 Å². The molecule has 0 radical (unpaired) electrons. The highest BCUT2D eigenvalue weighted by atomic mass is 35.5. The number of anilines is 1. The van der Waals surface area contributed by atoms with Crippen molar-refractivity contribution in [3.05, 3.63) is 58.1 Å². The second-order valence-electron chi connectivity index (χ2n) is 7.53. The summed E-state index contributed by atoms with van der Waals surface area (Å²) in [5, 5.41) is 1.32. The van der Waals surface area contributed by atoms with Gasteiger partial charge in [0.05, 0.1) is 9.72 Å². The molecular weight excluding hydrogens is 390 g/mol. The number of thiazole rings is 1. The molecule has 146 valence electrons. The van der Waals surface area contributed by atoms with Crippen LogP contribution in [0.4, 0.5) is 5.13 Å². The molecule has 2 aromatic carbocycles. The molecule has 0 N–H and O–H groups in total. The number of hydrogen-bond donors (Lipinski definition) is 0. The predicted octanol–water partition coefficient (Wildman–Crippen LogP) is 5.04. The van der Waals surface area contributed by atoms with E-state index in [0.717, 1.165) is 35.2 Å². The quantitative estimate of drug-likeness (QED) is 0.588. The summed E-state index contributed by atoms with van der Waals surface area (Å²) < 4.78 is 0.996. The van der Waals surface area contributed by atoms with Gasteiger partial charge in [-0.1, -0.05) is 35.1 Å². The van der Waals surface area contributed by atoms with Gasteiger partial charge >= 0.3 is 0 Å². The van der Waals surface area contributed by atoms with E-state index in [1.165, 1.54) is 35.3 Å². The third-order valence-corrected chi connectivity index (χ3v) is 6.55. The summed E-state index contributed by atoms with van der Waals surface area (Å²) in [4.78, 5) is 22.0. The second kappa shape index (κ2) is 8.19. The Bertz CT molecular complexity index is 1010. The van der Waals surface area contributed by atoms with Crippen LogP contribution in [0.25, 0.3) is 10.2 Å². The van der Waals surface area contributed by atoms with Gasteiger partial charge in [0.15, 0.2) is 5.13 Å².